The average Bonchev–Trinajstić information content (AvgIpc) is 2.83. The quantitative estimate of drug-likeness (QED) is 0.797. The fourth-order valence-corrected chi connectivity index (χ4v) is 3.89. The number of piperidine rings is 1. The zero-order valence-electron chi connectivity index (χ0n) is 14.4. The Morgan fingerprint density at radius 2 is 2.09 bits per heavy atom. The van der Waals surface area contributed by atoms with Gasteiger partial charge in [0.2, 0.25) is 0 Å². The molecular formula is C17H27BrN2O2S. The molecule has 0 atom stereocenters. The van der Waals surface area contributed by atoms with Crippen molar-refractivity contribution in [2.75, 3.05) is 19.6 Å². The molecule has 1 fully saturated rings. The molecule has 1 aliphatic rings. The summed E-state index contributed by atoms with van der Waals surface area (Å²) in [6.07, 6.45) is 1.83. The van der Waals surface area contributed by atoms with Gasteiger partial charge in [-0.3, -0.25) is 0 Å². The lowest BCUT2D eigenvalue weighted by atomic mass is 9.80. The molecule has 4 nitrogen and oxygen atoms in total. The van der Waals surface area contributed by atoms with Crippen LogP contribution in [-0.2, 0) is 11.3 Å². The predicted molar refractivity (Wildman–Crippen MR) is 98.9 cm³/mol. The van der Waals surface area contributed by atoms with Gasteiger partial charge in [0, 0.05) is 26.2 Å². The van der Waals surface area contributed by atoms with Crippen LogP contribution in [0.2, 0.25) is 0 Å². The number of thiophene rings is 1. The van der Waals surface area contributed by atoms with Gasteiger partial charge in [-0.2, -0.15) is 0 Å². The van der Waals surface area contributed by atoms with Gasteiger partial charge in [-0.25, -0.2) is 4.79 Å². The van der Waals surface area contributed by atoms with E-state index in [9.17, 15) is 4.79 Å². The first kappa shape index (κ1) is 18.7. The van der Waals surface area contributed by atoms with E-state index >= 15 is 0 Å². The molecule has 1 aromatic heterocycles. The summed E-state index contributed by atoms with van der Waals surface area (Å²) in [5, 5.41) is 5.73. The summed E-state index contributed by atoms with van der Waals surface area (Å²) in [5.74, 6) is 0. The highest BCUT2D eigenvalue weighted by Gasteiger charge is 2.33. The maximum atomic E-state index is 12.1. The molecule has 0 radical (unpaired) electrons. The Labute approximate surface area is 151 Å². The number of rotatable bonds is 4. The van der Waals surface area contributed by atoms with Crippen LogP contribution < -0.4 is 5.32 Å². The normalized spacial score (nSPS) is 18.0. The van der Waals surface area contributed by atoms with Gasteiger partial charge in [0.15, 0.2) is 0 Å². The van der Waals surface area contributed by atoms with Gasteiger partial charge < -0.3 is 15.0 Å². The topological polar surface area (TPSA) is 41.6 Å². The van der Waals surface area contributed by atoms with Crippen molar-refractivity contribution in [3.8, 4) is 0 Å². The number of ether oxygens (including phenoxy) is 1. The molecule has 0 unspecified atom stereocenters. The third-order valence-corrected chi connectivity index (χ3v) is 5.68. The maximum absolute atomic E-state index is 12.1. The molecule has 0 spiro atoms. The minimum absolute atomic E-state index is 0.185. The Bertz CT molecular complexity index is 531. The van der Waals surface area contributed by atoms with Crippen LogP contribution in [0.1, 0.15) is 46.1 Å². The van der Waals surface area contributed by atoms with E-state index in [0.717, 1.165) is 39.0 Å². The zero-order valence-corrected chi connectivity index (χ0v) is 16.8. The molecule has 1 N–H and O–H groups in total. The summed E-state index contributed by atoms with van der Waals surface area (Å²) >= 11 is 5.21. The third-order valence-electron chi connectivity index (χ3n) is 4.12. The predicted octanol–water partition coefficient (Wildman–Crippen LogP) is 4.64. The fourth-order valence-electron chi connectivity index (χ4n) is 2.68. The van der Waals surface area contributed by atoms with E-state index < -0.39 is 5.60 Å². The molecule has 0 aliphatic carbocycles. The second-order valence-corrected chi connectivity index (χ2v) is 9.93. The molecule has 0 aromatic carbocycles. The van der Waals surface area contributed by atoms with Crippen molar-refractivity contribution in [1.82, 2.24) is 10.2 Å². The van der Waals surface area contributed by atoms with Crippen LogP contribution in [0.25, 0.3) is 0 Å². The number of likely N-dealkylation sites (tertiary alicyclic amines) is 1. The summed E-state index contributed by atoms with van der Waals surface area (Å²) in [6.45, 7) is 11.4. The molecule has 1 aromatic rings. The molecule has 1 amide bonds. The van der Waals surface area contributed by atoms with E-state index in [-0.39, 0.29) is 11.5 Å². The van der Waals surface area contributed by atoms with E-state index in [1.807, 2.05) is 25.7 Å². The minimum atomic E-state index is -0.422. The average molecular weight is 403 g/mol. The molecule has 130 valence electrons. The lowest BCUT2D eigenvalue weighted by Crippen LogP contribution is -2.47. The summed E-state index contributed by atoms with van der Waals surface area (Å²) in [7, 11) is 0. The van der Waals surface area contributed by atoms with Crippen molar-refractivity contribution in [3.05, 3.63) is 20.8 Å². The number of carbonyl (C=O) groups is 1. The van der Waals surface area contributed by atoms with E-state index in [2.05, 4.69) is 39.6 Å². The highest BCUT2D eigenvalue weighted by molar-refractivity contribution is 9.11. The number of carbonyl (C=O) groups excluding carboxylic acids is 1. The highest BCUT2D eigenvalue weighted by Crippen LogP contribution is 2.31. The third kappa shape index (κ3) is 6.08. The second kappa shape index (κ2) is 7.53. The Hall–Kier alpha value is -0.590. The Morgan fingerprint density at radius 1 is 1.43 bits per heavy atom. The van der Waals surface area contributed by atoms with Crippen molar-refractivity contribution in [2.45, 2.75) is 52.7 Å². The van der Waals surface area contributed by atoms with Gasteiger partial charge >= 0.3 is 6.09 Å². The smallest absolute Gasteiger partial charge is 0.410 e. The number of hydrogen-bond donors (Lipinski definition) is 1. The molecular weight excluding hydrogens is 376 g/mol. The fraction of sp³-hybridized carbons (Fsp3) is 0.706. The van der Waals surface area contributed by atoms with Crippen molar-refractivity contribution >= 4 is 33.4 Å². The van der Waals surface area contributed by atoms with Crippen LogP contribution in [0.3, 0.4) is 0 Å². The zero-order chi connectivity index (χ0) is 17.1. The standard InChI is InChI=1S/C17H27BrN2O2S/c1-16(2,3)22-15(21)20-7-5-17(4,6-8-20)12-19-10-13-9-14(18)23-11-13/h9,11,19H,5-8,10,12H2,1-4H3. The van der Waals surface area contributed by atoms with Gasteiger partial charge in [0.1, 0.15) is 5.60 Å². The molecule has 1 aliphatic heterocycles. The van der Waals surface area contributed by atoms with Crippen LogP contribution in [-0.4, -0.2) is 36.2 Å². The number of nitrogens with one attached hydrogen (secondary N) is 1. The van der Waals surface area contributed by atoms with Crippen LogP contribution in [0.5, 0.6) is 0 Å². The molecule has 0 saturated carbocycles. The molecule has 6 heteroatoms. The van der Waals surface area contributed by atoms with Crippen molar-refractivity contribution in [1.29, 1.82) is 0 Å². The molecule has 2 rings (SSSR count). The lowest BCUT2D eigenvalue weighted by Gasteiger charge is -2.39. The van der Waals surface area contributed by atoms with E-state index in [4.69, 9.17) is 4.74 Å². The van der Waals surface area contributed by atoms with Crippen molar-refractivity contribution in [3.63, 3.8) is 0 Å². The highest BCUT2D eigenvalue weighted by atomic mass is 79.9. The van der Waals surface area contributed by atoms with E-state index in [1.54, 1.807) is 11.3 Å². The van der Waals surface area contributed by atoms with Crippen molar-refractivity contribution in [2.24, 2.45) is 5.41 Å². The Morgan fingerprint density at radius 3 is 2.61 bits per heavy atom. The molecule has 0 bridgehead atoms. The Balaban J connectivity index is 1.74. The van der Waals surface area contributed by atoms with Crippen LogP contribution in [0, 0.1) is 5.41 Å². The lowest BCUT2D eigenvalue weighted by molar-refractivity contribution is 0.0119. The first-order valence-electron chi connectivity index (χ1n) is 8.08. The molecule has 2 heterocycles. The van der Waals surface area contributed by atoms with Crippen LogP contribution in [0.4, 0.5) is 4.79 Å². The Kier molecular flexibility index (Phi) is 6.14. The van der Waals surface area contributed by atoms with Gasteiger partial charge in [-0.15, -0.1) is 11.3 Å². The molecule has 1 saturated heterocycles. The summed E-state index contributed by atoms with van der Waals surface area (Å²) in [6, 6.07) is 2.16. The van der Waals surface area contributed by atoms with E-state index in [0.29, 0.717) is 0 Å². The summed E-state index contributed by atoms with van der Waals surface area (Å²) in [5.41, 5.74) is 1.14. The van der Waals surface area contributed by atoms with Gasteiger partial charge in [-0.05, 0) is 72.0 Å². The SMILES string of the molecule is CC1(CNCc2csc(Br)c2)CCN(C(=O)OC(C)(C)C)CC1. The van der Waals surface area contributed by atoms with Crippen LogP contribution in [0.15, 0.2) is 15.2 Å². The number of halogens is 1. The number of amides is 1. The van der Waals surface area contributed by atoms with Crippen molar-refractivity contribution < 1.29 is 9.53 Å². The van der Waals surface area contributed by atoms with Gasteiger partial charge in [0.05, 0.1) is 3.79 Å². The maximum Gasteiger partial charge on any atom is 0.410 e. The minimum Gasteiger partial charge on any atom is -0.444 e. The van der Waals surface area contributed by atoms with Crippen LogP contribution >= 0.6 is 27.3 Å². The number of hydrogen-bond acceptors (Lipinski definition) is 4. The summed E-state index contributed by atoms with van der Waals surface area (Å²) in [4.78, 5) is 13.9. The number of nitrogens with zero attached hydrogens (tertiary/aromatic N) is 1. The second-order valence-electron chi connectivity index (χ2n) is 7.64. The largest absolute Gasteiger partial charge is 0.444 e. The molecule has 23 heavy (non-hydrogen) atoms. The summed E-state index contributed by atoms with van der Waals surface area (Å²) < 4.78 is 6.63. The van der Waals surface area contributed by atoms with Gasteiger partial charge in [-0.1, -0.05) is 6.92 Å². The first-order chi connectivity index (χ1) is 10.7. The van der Waals surface area contributed by atoms with Gasteiger partial charge in [0.25, 0.3) is 0 Å². The first-order valence-corrected chi connectivity index (χ1v) is 9.76. The monoisotopic (exact) mass is 402 g/mol. The van der Waals surface area contributed by atoms with E-state index in [1.165, 1.54) is 9.35 Å².